The van der Waals surface area contributed by atoms with Crippen LogP contribution < -0.4 is 10.6 Å². The van der Waals surface area contributed by atoms with E-state index in [1.165, 1.54) is 0 Å². The Morgan fingerprint density at radius 1 is 0.565 bits per heavy atom. The van der Waals surface area contributed by atoms with Crippen molar-refractivity contribution >= 4 is 47.3 Å². The zero-order valence-electron chi connectivity index (χ0n) is 10.9. The van der Waals surface area contributed by atoms with E-state index in [1.54, 1.807) is 10.6 Å². The van der Waals surface area contributed by atoms with Gasteiger partial charge in [0.2, 0.25) is 0 Å². The molecule has 12 nitrogen and oxygen atoms in total. The number of hydrogen-bond donors (Lipinski definition) is 2. The van der Waals surface area contributed by atoms with Crippen LogP contribution in [0.5, 0.6) is 0 Å². The predicted octanol–water partition coefficient (Wildman–Crippen LogP) is -5.03. The van der Waals surface area contributed by atoms with Gasteiger partial charge in [-0.05, 0) is 0 Å². The Labute approximate surface area is 124 Å². The highest BCUT2D eigenvalue weighted by Crippen LogP contribution is 2.43. The maximum atomic E-state index is 11.9. The molecule has 4 heterocycles. The summed E-state index contributed by atoms with van der Waals surface area (Å²) in [6.07, 6.45) is 0. The summed E-state index contributed by atoms with van der Waals surface area (Å²) >= 11 is 0. The van der Waals surface area contributed by atoms with Crippen molar-refractivity contribution in [3.05, 3.63) is 0 Å². The molecule has 0 saturated carbocycles. The molecule has 2 N–H and O–H groups in total. The van der Waals surface area contributed by atoms with Crippen molar-refractivity contribution in [1.82, 2.24) is 20.4 Å². The van der Waals surface area contributed by atoms with E-state index in [-0.39, 0.29) is 0 Å². The van der Waals surface area contributed by atoms with Crippen LogP contribution >= 0.6 is 0 Å². The molecule has 2 spiro atoms. The Bertz CT molecular complexity index is 709. The number of β-lactam (4-membered cyclic amide) rings is 8. The third-order valence-corrected chi connectivity index (χ3v) is 4.36. The second kappa shape index (κ2) is 3.31. The molecule has 4 rings (SSSR count). The van der Waals surface area contributed by atoms with Gasteiger partial charge in [-0.2, -0.15) is 0 Å². The molecule has 0 aromatic heterocycles. The van der Waals surface area contributed by atoms with Crippen molar-refractivity contribution in [2.45, 2.75) is 0 Å². The average Bonchev–Trinajstić information content (AvgIpc) is 2.47. The molecule has 4 fully saturated rings. The van der Waals surface area contributed by atoms with Crippen LogP contribution in [0.1, 0.15) is 0 Å². The molecule has 23 heavy (non-hydrogen) atoms. The molecule has 0 atom stereocenters. The third kappa shape index (κ3) is 0.967. The number of imide groups is 4. The van der Waals surface area contributed by atoms with E-state index in [4.69, 9.17) is 0 Å². The first kappa shape index (κ1) is 13.2. The van der Waals surface area contributed by atoms with Gasteiger partial charge in [0.1, 0.15) is 6.67 Å². The largest absolute Gasteiger partial charge is 0.293 e. The van der Waals surface area contributed by atoms with E-state index in [2.05, 4.69) is 0 Å². The highest BCUT2D eigenvalue weighted by atomic mass is 16.2. The molecule has 8 amide bonds. The van der Waals surface area contributed by atoms with E-state index in [0.717, 1.165) is 0 Å². The van der Waals surface area contributed by atoms with E-state index >= 15 is 0 Å². The number of carbonyl (C=O) groups is 8. The number of nitrogens with zero attached hydrogens (tertiary/aromatic N) is 2. The maximum Gasteiger partial charge on any atom is 0.284 e. The smallest absolute Gasteiger partial charge is 0.284 e. The summed E-state index contributed by atoms with van der Waals surface area (Å²) in [5, 5.41) is 3.46. The summed E-state index contributed by atoms with van der Waals surface area (Å²) < 4.78 is 0. The molecular weight excluding hydrogens is 316 g/mol. The zero-order chi connectivity index (χ0) is 16.9. The van der Waals surface area contributed by atoms with Crippen LogP contribution in [0.15, 0.2) is 0 Å². The first-order valence-electron chi connectivity index (χ1n) is 6.16. The number of rotatable bonds is 2. The Balaban J connectivity index is 1.54. The van der Waals surface area contributed by atoms with Gasteiger partial charge in [-0.15, -0.1) is 0 Å². The number of amides is 8. The monoisotopic (exact) mass is 320 g/mol. The van der Waals surface area contributed by atoms with Gasteiger partial charge in [-0.25, -0.2) is 0 Å². The fourth-order valence-corrected chi connectivity index (χ4v) is 2.91. The SMILES string of the molecule is O=C1NC(=O)C12C(=O)N(CN1C(=O)C3(C(=O)NC3=O)C1=O)C2=O. The van der Waals surface area contributed by atoms with Crippen molar-refractivity contribution in [1.29, 1.82) is 0 Å². The molecule has 0 aromatic carbocycles. The van der Waals surface area contributed by atoms with Crippen LogP contribution in [-0.4, -0.2) is 63.7 Å². The molecular formula is C11H4N4O8. The molecule has 4 saturated heterocycles. The van der Waals surface area contributed by atoms with Crippen molar-refractivity contribution in [3.8, 4) is 0 Å². The molecule has 12 heteroatoms. The lowest BCUT2D eigenvalue weighted by Crippen LogP contribution is -2.87. The lowest BCUT2D eigenvalue weighted by Gasteiger charge is -2.52. The molecule has 0 radical (unpaired) electrons. The summed E-state index contributed by atoms with van der Waals surface area (Å²) in [4.78, 5) is 93.5. The predicted molar refractivity (Wildman–Crippen MR) is 59.7 cm³/mol. The van der Waals surface area contributed by atoms with Crippen LogP contribution in [0.25, 0.3) is 0 Å². The molecule has 0 unspecified atom stereocenters. The van der Waals surface area contributed by atoms with Gasteiger partial charge in [-0.1, -0.05) is 0 Å². The standard InChI is InChI=1S/C11H4N4O8/c16-2-10(3(17)12-2)6(20)14(7(10)21)1-15-8(22)11(9(15)23)4(18)13-5(11)19/h1H2,(H,12,16,17)(H,13,18,19). The minimum atomic E-state index is -2.42. The lowest BCUT2D eigenvalue weighted by atomic mass is 9.69. The Morgan fingerprint density at radius 2 is 0.826 bits per heavy atom. The molecule has 116 valence electrons. The molecule has 0 bridgehead atoms. The van der Waals surface area contributed by atoms with Crippen molar-refractivity contribution in [2.24, 2.45) is 10.8 Å². The van der Waals surface area contributed by atoms with E-state index in [9.17, 15) is 38.4 Å². The van der Waals surface area contributed by atoms with Crippen LogP contribution in [0.2, 0.25) is 0 Å². The number of likely N-dealkylation sites (tertiary alicyclic amines) is 2. The quantitative estimate of drug-likeness (QED) is 0.376. The van der Waals surface area contributed by atoms with Crippen LogP contribution in [0.4, 0.5) is 0 Å². The Kier molecular flexibility index (Phi) is 1.91. The number of carbonyl (C=O) groups excluding carboxylic acids is 8. The Morgan fingerprint density at radius 3 is 1.04 bits per heavy atom. The lowest BCUT2D eigenvalue weighted by molar-refractivity contribution is -0.196. The maximum absolute atomic E-state index is 11.9. The average molecular weight is 320 g/mol. The van der Waals surface area contributed by atoms with Gasteiger partial charge in [0, 0.05) is 0 Å². The van der Waals surface area contributed by atoms with Crippen LogP contribution in [-0.2, 0) is 38.4 Å². The normalized spacial score (nSPS) is 26.6. The van der Waals surface area contributed by atoms with Gasteiger partial charge in [-0.3, -0.25) is 58.8 Å². The summed E-state index contributed by atoms with van der Waals surface area (Å²) in [5.74, 6) is -8.94. The van der Waals surface area contributed by atoms with Crippen molar-refractivity contribution in [3.63, 3.8) is 0 Å². The fourth-order valence-electron chi connectivity index (χ4n) is 2.91. The minimum Gasteiger partial charge on any atom is -0.293 e. The highest BCUT2D eigenvalue weighted by molar-refractivity contribution is 6.54. The number of nitrogens with one attached hydrogen (secondary N) is 2. The van der Waals surface area contributed by atoms with Gasteiger partial charge < -0.3 is 0 Å². The van der Waals surface area contributed by atoms with Crippen molar-refractivity contribution in [2.75, 3.05) is 6.67 Å². The minimum absolute atomic E-state index is 0.361. The second-order valence-electron chi connectivity index (χ2n) is 5.28. The topological polar surface area (TPSA) is 167 Å². The van der Waals surface area contributed by atoms with Crippen molar-refractivity contribution < 1.29 is 38.4 Å². The van der Waals surface area contributed by atoms with Gasteiger partial charge >= 0.3 is 0 Å². The summed E-state index contributed by atoms with van der Waals surface area (Å²) in [7, 11) is 0. The van der Waals surface area contributed by atoms with Crippen LogP contribution in [0.3, 0.4) is 0 Å². The van der Waals surface area contributed by atoms with Gasteiger partial charge in [0.25, 0.3) is 58.1 Å². The number of hydrogen-bond acceptors (Lipinski definition) is 8. The molecule has 4 aliphatic heterocycles. The van der Waals surface area contributed by atoms with Crippen LogP contribution in [0, 0.1) is 10.8 Å². The fraction of sp³-hybridized carbons (Fsp3) is 0.273. The summed E-state index contributed by atoms with van der Waals surface area (Å²) in [6, 6.07) is 0. The second-order valence-corrected chi connectivity index (χ2v) is 5.28. The van der Waals surface area contributed by atoms with Gasteiger partial charge in [0.05, 0.1) is 0 Å². The summed E-state index contributed by atoms with van der Waals surface area (Å²) in [6.45, 7) is -0.861. The highest BCUT2D eigenvalue weighted by Gasteiger charge is 2.80. The van der Waals surface area contributed by atoms with Gasteiger partial charge in [0.15, 0.2) is 0 Å². The molecule has 0 aliphatic carbocycles. The zero-order valence-corrected chi connectivity index (χ0v) is 10.9. The first-order chi connectivity index (χ1) is 10.7. The van der Waals surface area contributed by atoms with E-state index in [1.807, 2.05) is 0 Å². The van der Waals surface area contributed by atoms with E-state index < -0.39 is 64.8 Å². The first-order valence-corrected chi connectivity index (χ1v) is 6.16. The third-order valence-electron chi connectivity index (χ3n) is 4.36. The Hall–Kier alpha value is -3.44. The molecule has 0 aromatic rings. The molecule has 4 aliphatic rings. The summed E-state index contributed by atoms with van der Waals surface area (Å²) in [5.41, 5.74) is -4.84. The van der Waals surface area contributed by atoms with E-state index in [0.29, 0.717) is 9.80 Å².